The quantitative estimate of drug-likeness (QED) is 0.457. The van der Waals surface area contributed by atoms with E-state index in [4.69, 9.17) is 20.5 Å². The summed E-state index contributed by atoms with van der Waals surface area (Å²) in [5.41, 5.74) is 5.43. The normalized spacial score (nSPS) is 10.5. The second-order valence-corrected chi connectivity index (χ2v) is 4.06. The van der Waals surface area contributed by atoms with Crippen molar-refractivity contribution in [3.63, 3.8) is 0 Å². The van der Waals surface area contributed by atoms with Crippen LogP contribution in [0.2, 0.25) is 0 Å². The van der Waals surface area contributed by atoms with E-state index in [-0.39, 0.29) is 12.2 Å². The number of hydrogen-bond acceptors (Lipinski definition) is 6. The number of amides is 1. The lowest BCUT2D eigenvalue weighted by molar-refractivity contribution is -0.135. The third-order valence-electron chi connectivity index (χ3n) is 2.47. The Morgan fingerprint density at radius 2 is 2.05 bits per heavy atom. The zero-order valence-electron chi connectivity index (χ0n) is 12.3. The largest absolute Gasteiger partial charge is 0.490 e. The summed E-state index contributed by atoms with van der Waals surface area (Å²) >= 11 is 0. The average Bonchev–Trinajstić information content (AvgIpc) is 2.51. The van der Waals surface area contributed by atoms with Crippen LogP contribution in [0.3, 0.4) is 0 Å². The van der Waals surface area contributed by atoms with Gasteiger partial charge in [-0.25, -0.2) is 4.79 Å². The molecule has 116 valence electrons. The van der Waals surface area contributed by atoms with Gasteiger partial charge in [0.2, 0.25) is 0 Å². The van der Waals surface area contributed by atoms with Gasteiger partial charge in [-0.3, -0.25) is 4.79 Å². The molecule has 1 amide bonds. The molecule has 1 rings (SSSR count). The Morgan fingerprint density at radius 1 is 1.32 bits per heavy atom. The fraction of sp³-hybridized carbons (Fsp3) is 0.267. The molecule has 0 atom stereocenters. The van der Waals surface area contributed by atoms with Crippen LogP contribution in [0, 0.1) is 11.3 Å². The van der Waals surface area contributed by atoms with Gasteiger partial charge >= 0.3 is 5.97 Å². The molecule has 0 aliphatic heterocycles. The molecule has 0 radical (unpaired) electrons. The van der Waals surface area contributed by atoms with E-state index in [0.29, 0.717) is 23.7 Å². The van der Waals surface area contributed by atoms with E-state index in [2.05, 4.69) is 4.74 Å². The number of nitriles is 1. The van der Waals surface area contributed by atoms with Crippen LogP contribution in [0.15, 0.2) is 23.8 Å². The summed E-state index contributed by atoms with van der Waals surface area (Å²) in [5.74, 6) is -0.618. The van der Waals surface area contributed by atoms with Crippen LogP contribution in [0.1, 0.15) is 12.5 Å². The van der Waals surface area contributed by atoms with Gasteiger partial charge in [-0.2, -0.15) is 5.26 Å². The molecular weight excluding hydrogens is 288 g/mol. The average molecular weight is 304 g/mol. The van der Waals surface area contributed by atoms with Crippen molar-refractivity contribution in [2.75, 3.05) is 20.3 Å². The number of nitrogens with zero attached hydrogens (tertiary/aromatic N) is 1. The van der Waals surface area contributed by atoms with Gasteiger partial charge in [-0.1, -0.05) is 6.07 Å². The van der Waals surface area contributed by atoms with Gasteiger partial charge in [0.05, 0.1) is 13.7 Å². The Balaban J connectivity index is 3.11. The van der Waals surface area contributed by atoms with Gasteiger partial charge in [0.1, 0.15) is 11.6 Å². The molecule has 0 unspecified atom stereocenters. The molecule has 0 fully saturated rings. The van der Waals surface area contributed by atoms with Crippen molar-refractivity contribution < 1.29 is 23.8 Å². The Kier molecular flexibility index (Phi) is 6.44. The van der Waals surface area contributed by atoms with Crippen molar-refractivity contribution in [1.29, 1.82) is 5.26 Å². The van der Waals surface area contributed by atoms with Gasteiger partial charge in [-0.15, -0.1) is 0 Å². The summed E-state index contributed by atoms with van der Waals surface area (Å²) in [7, 11) is 1.19. The SMILES string of the molecule is CCOc1cc(/C=C(\C#N)C(=O)OC)ccc1OCC(N)=O. The number of carbonyl (C=O) groups excluding carboxylic acids is 2. The van der Waals surface area contributed by atoms with Gasteiger partial charge in [0.15, 0.2) is 18.1 Å². The molecular formula is C15H16N2O5. The number of methoxy groups -OCH3 is 1. The fourth-order valence-corrected chi connectivity index (χ4v) is 1.56. The summed E-state index contributed by atoms with van der Waals surface area (Å²) < 4.78 is 15.1. The first kappa shape index (κ1) is 17.0. The first-order valence-corrected chi connectivity index (χ1v) is 6.39. The minimum Gasteiger partial charge on any atom is -0.490 e. The van der Waals surface area contributed by atoms with Crippen LogP contribution >= 0.6 is 0 Å². The summed E-state index contributed by atoms with van der Waals surface area (Å²) in [6.45, 7) is 1.89. The van der Waals surface area contributed by atoms with Crippen LogP contribution in [-0.4, -0.2) is 32.2 Å². The number of primary amides is 1. The van der Waals surface area contributed by atoms with Crippen molar-refractivity contribution in [1.82, 2.24) is 0 Å². The molecule has 0 aliphatic carbocycles. The Morgan fingerprint density at radius 3 is 2.59 bits per heavy atom. The van der Waals surface area contributed by atoms with E-state index in [9.17, 15) is 9.59 Å². The second kappa shape index (κ2) is 8.32. The van der Waals surface area contributed by atoms with E-state index < -0.39 is 11.9 Å². The van der Waals surface area contributed by atoms with E-state index in [1.165, 1.54) is 13.2 Å². The van der Waals surface area contributed by atoms with Crippen molar-refractivity contribution in [2.45, 2.75) is 6.92 Å². The standard InChI is InChI=1S/C15H16N2O5/c1-3-21-13-7-10(6-11(8-16)15(19)20-2)4-5-12(13)22-9-14(17)18/h4-7H,3,9H2,1-2H3,(H2,17,18)/b11-6+. The molecule has 1 aromatic carbocycles. The number of carbonyl (C=O) groups is 2. The third-order valence-corrected chi connectivity index (χ3v) is 2.47. The number of benzene rings is 1. The highest BCUT2D eigenvalue weighted by atomic mass is 16.5. The maximum Gasteiger partial charge on any atom is 0.348 e. The topological polar surface area (TPSA) is 112 Å². The Hall–Kier alpha value is -3.01. The molecule has 1 aromatic rings. The molecule has 0 bridgehead atoms. The predicted octanol–water partition coefficient (Wildman–Crippen LogP) is 1.03. The van der Waals surface area contributed by atoms with Crippen molar-refractivity contribution >= 4 is 18.0 Å². The van der Waals surface area contributed by atoms with E-state index in [0.717, 1.165) is 0 Å². The predicted molar refractivity (Wildman–Crippen MR) is 77.9 cm³/mol. The van der Waals surface area contributed by atoms with Crippen LogP contribution in [-0.2, 0) is 14.3 Å². The molecule has 0 heterocycles. The summed E-state index contributed by atoms with van der Waals surface area (Å²) in [5, 5.41) is 8.93. The van der Waals surface area contributed by atoms with Crippen LogP contribution < -0.4 is 15.2 Å². The maximum atomic E-state index is 11.4. The zero-order valence-corrected chi connectivity index (χ0v) is 12.3. The van der Waals surface area contributed by atoms with Crippen LogP contribution in [0.4, 0.5) is 0 Å². The first-order chi connectivity index (χ1) is 10.5. The number of esters is 1. The smallest absolute Gasteiger partial charge is 0.348 e. The molecule has 0 aliphatic rings. The van der Waals surface area contributed by atoms with Crippen molar-refractivity contribution in [3.8, 4) is 17.6 Å². The zero-order chi connectivity index (χ0) is 16.5. The molecule has 7 nitrogen and oxygen atoms in total. The van der Waals surface area contributed by atoms with Crippen LogP contribution in [0.5, 0.6) is 11.5 Å². The van der Waals surface area contributed by atoms with Gasteiger partial charge in [-0.05, 0) is 30.7 Å². The van der Waals surface area contributed by atoms with Crippen LogP contribution in [0.25, 0.3) is 6.08 Å². The summed E-state index contributed by atoms with van der Waals surface area (Å²) in [6.07, 6.45) is 1.37. The van der Waals surface area contributed by atoms with Gasteiger partial charge in [0.25, 0.3) is 5.91 Å². The van der Waals surface area contributed by atoms with Crippen molar-refractivity contribution in [3.05, 3.63) is 29.3 Å². The molecule has 0 saturated carbocycles. The van der Waals surface area contributed by atoms with Crippen molar-refractivity contribution in [2.24, 2.45) is 5.73 Å². The third kappa shape index (κ3) is 4.83. The lowest BCUT2D eigenvalue weighted by Crippen LogP contribution is -2.20. The Labute approximate surface area is 127 Å². The number of hydrogen-bond donors (Lipinski definition) is 1. The number of ether oxygens (including phenoxy) is 3. The lowest BCUT2D eigenvalue weighted by atomic mass is 10.1. The van der Waals surface area contributed by atoms with Gasteiger partial charge in [0, 0.05) is 0 Å². The highest BCUT2D eigenvalue weighted by molar-refractivity contribution is 5.97. The number of rotatable bonds is 7. The molecule has 0 spiro atoms. The first-order valence-electron chi connectivity index (χ1n) is 6.39. The minimum absolute atomic E-state index is 0.143. The second-order valence-electron chi connectivity index (χ2n) is 4.06. The van der Waals surface area contributed by atoms with E-state index in [1.807, 2.05) is 0 Å². The van der Waals surface area contributed by atoms with E-state index in [1.54, 1.807) is 31.2 Å². The molecule has 2 N–H and O–H groups in total. The molecule has 0 aromatic heterocycles. The lowest BCUT2D eigenvalue weighted by Gasteiger charge is -2.11. The molecule has 0 saturated heterocycles. The summed E-state index contributed by atoms with van der Waals surface area (Å²) in [4.78, 5) is 22.1. The molecule has 7 heteroatoms. The van der Waals surface area contributed by atoms with E-state index >= 15 is 0 Å². The Bertz CT molecular complexity index is 631. The maximum absolute atomic E-state index is 11.4. The highest BCUT2D eigenvalue weighted by Crippen LogP contribution is 2.29. The van der Waals surface area contributed by atoms with Gasteiger partial charge < -0.3 is 19.9 Å². The monoisotopic (exact) mass is 304 g/mol. The summed E-state index contributed by atoms with van der Waals surface area (Å²) in [6, 6.07) is 6.52. The fourth-order valence-electron chi connectivity index (χ4n) is 1.56. The molecule has 22 heavy (non-hydrogen) atoms. The minimum atomic E-state index is -0.727. The highest BCUT2D eigenvalue weighted by Gasteiger charge is 2.11. The number of nitrogens with two attached hydrogens (primary N) is 1.